The van der Waals surface area contributed by atoms with Gasteiger partial charge in [-0.25, -0.2) is 17.2 Å². The molecule has 0 saturated heterocycles. The Hall–Kier alpha value is -3.01. The van der Waals surface area contributed by atoms with Gasteiger partial charge in [-0.2, -0.15) is 0 Å². The number of halogens is 2. The number of carbonyl (C=O) groups is 2. The first-order valence-corrected chi connectivity index (χ1v) is 10.9. The van der Waals surface area contributed by atoms with Gasteiger partial charge < -0.3 is 10.2 Å². The molecule has 1 N–H and O–H groups in total. The molecule has 0 heterocycles. The number of nitrogens with zero attached hydrogens (tertiary/aromatic N) is 2. The zero-order chi connectivity index (χ0) is 22.5. The third-order valence-corrected chi connectivity index (χ3v) is 5.64. The zero-order valence-electron chi connectivity index (χ0n) is 16.8. The van der Waals surface area contributed by atoms with Gasteiger partial charge in [-0.15, -0.1) is 0 Å². The maximum absolute atomic E-state index is 14.2. The first-order chi connectivity index (χ1) is 14.1. The summed E-state index contributed by atoms with van der Waals surface area (Å²) in [5, 5.41) is 2.41. The maximum Gasteiger partial charge on any atom is 0.244 e. The topological polar surface area (TPSA) is 86.8 Å². The number of carbonyl (C=O) groups excluding carboxylic acids is 2. The lowest BCUT2D eigenvalue weighted by Crippen LogP contribution is -2.50. The minimum atomic E-state index is -4.03. The van der Waals surface area contributed by atoms with Crippen molar-refractivity contribution in [2.75, 3.05) is 24.2 Å². The molecule has 0 bridgehead atoms. The number of rotatable bonds is 8. The number of likely N-dealkylation sites (N-methyl/N-ethyl adjacent to an activating group) is 1. The number of nitrogens with one attached hydrogen (secondary N) is 1. The lowest BCUT2D eigenvalue weighted by atomic mass is 10.1. The molecule has 2 aromatic carbocycles. The lowest BCUT2D eigenvalue weighted by molar-refractivity contribution is -0.139. The van der Waals surface area contributed by atoms with Gasteiger partial charge in [-0.3, -0.25) is 13.9 Å². The fraction of sp³-hybridized carbons (Fsp3) is 0.300. The van der Waals surface area contributed by atoms with Crippen LogP contribution in [-0.2, 0) is 26.2 Å². The Morgan fingerprint density at radius 1 is 1.03 bits per heavy atom. The fourth-order valence-electron chi connectivity index (χ4n) is 2.85. The number of amides is 2. The molecule has 1 atom stereocenters. The third-order valence-electron chi connectivity index (χ3n) is 4.51. The van der Waals surface area contributed by atoms with Crippen molar-refractivity contribution in [2.45, 2.75) is 19.5 Å². The highest BCUT2D eigenvalue weighted by molar-refractivity contribution is 7.92. The van der Waals surface area contributed by atoms with Crippen molar-refractivity contribution in [3.63, 3.8) is 0 Å². The summed E-state index contributed by atoms with van der Waals surface area (Å²) in [7, 11) is -2.65. The first-order valence-electron chi connectivity index (χ1n) is 9.03. The number of hydrogen-bond donors (Lipinski definition) is 1. The van der Waals surface area contributed by atoms with Crippen LogP contribution in [-0.4, -0.2) is 51.0 Å². The average Bonchev–Trinajstić information content (AvgIpc) is 2.70. The third kappa shape index (κ3) is 5.53. The number of para-hydroxylation sites is 1. The molecule has 0 fully saturated rings. The second-order valence-corrected chi connectivity index (χ2v) is 8.53. The SMILES string of the molecule is CNC(=O)C(C)N(Cc1ccccc1F)C(=O)CN(c1ccccc1F)S(C)(=O)=O. The molecule has 30 heavy (non-hydrogen) atoms. The Bertz CT molecular complexity index is 1030. The Balaban J connectivity index is 2.41. The lowest BCUT2D eigenvalue weighted by Gasteiger charge is -2.31. The quantitative estimate of drug-likeness (QED) is 0.681. The van der Waals surface area contributed by atoms with E-state index in [0.29, 0.717) is 4.31 Å². The Kier molecular flexibility index (Phi) is 7.49. The highest BCUT2D eigenvalue weighted by Crippen LogP contribution is 2.22. The maximum atomic E-state index is 14.2. The van der Waals surface area contributed by atoms with Gasteiger partial charge in [0.05, 0.1) is 11.9 Å². The van der Waals surface area contributed by atoms with E-state index in [-0.39, 0.29) is 17.8 Å². The predicted octanol–water partition coefficient (Wildman–Crippen LogP) is 1.89. The molecular weight excluding hydrogens is 416 g/mol. The van der Waals surface area contributed by atoms with E-state index in [1.54, 1.807) is 6.07 Å². The van der Waals surface area contributed by atoms with Gasteiger partial charge in [-0.05, 0) is 25.1 Å². The van der Waals surface area contributed by atoms with E-state index >= 15 is 0 Å². The van der Waals surface area contributed by atoms with Crippen LogP contribution in [0.5, 0.6) is 0 Å². The standard InChI is InChI=1S/C20H23F2N3O4S/c1-14(20(27)23-2)24(12-15-8-4-5-9-16(15)21)19(26)13-25(30(3,28)29)18-11-7-6-10-17(18)22/h4-11,14H,12-13H2,1-3H3,(H,23,27). The van der Waals surface area contributed by atoms with E-state index in [2.05, 4.69) is 5.32 Å². The second kappa shape index (κ2) is 9.66. The summed E-state index contributed by atoms with van der Waals surface area (Å²) in [5.41, 5.74) is -0.148. The van der Waals surface area contributed by atoms with Gasteiger partial charge >= 0.3 is 0 Å². The minimum Gasteiger partial charge on any atom is -0.357 e. The van der Waals surface area contributed by atoms with E-state index in [9.17, 15) is 26.8 Å². The minimum absolute atomic E-state index is 0.151. The summed E-state index contributed by atoms with van der Waals surface area (Å²) in [6.45, 7) is 0.413. The van der Waals surface area contributed by atoms with Crippen molar-refractivity contribution in [1.82, 2.24) is 10.2 Å². The molecule has 2 amide bonds. The summed E-state index contributed by atoms with van der Waals surface area (Å²) < 4.78 is 53.5. The Morgan fingerprint density at radius 2 is 1.60 bits per heavy atom. The molecule has 2 rings (SSSR count). The molecule has 1 unspecified atom stereocenters. The zero-order valence-corrected chi connectivity index (χ0v) is 17.6. The van der Waals surface area contributed by atoms with Gasteiger partial charge in [0.15, 0.2) is 0 Å². The monoisotopic (exact) mass is 439 g/mol. The van der Waals surface area contributed by atoms with Crippen LogP contribution in [0.15, 0.2) is 48.5 Å². The summed E-state index contributed by atoms with van der Waals surface area (Å²) in [6.07, 6.45) is 0.843. The van der Waals surface area contributed by atoms with E-state index in [0.717, 1.165) is 17.2 Å². The number of benzene rings is 2. The van der Waals surface area contributed by atoms with Crippen LogP contribution in [0.3, 0.4) is 0 Å². The highest BCUT2D eigenvalue weighted by atomic mass is 32.2. The summed E-state index contributed by atoms with van der Waals surface area (Å²) in [5.74, 6) is -2.70. The van der Waals surface area contributed by atoms with Crippen LogP contribution in [0.1, 0.15) is 12.5 Å². The Labute approximate surface area is 174 Å². The molecule has 0 aliphatic heterocycles. The van der Waals surface area contributed by atoms with Crippen LogP contribution in [0.25, 0.3) is 0 Å². The van der Waals surface area contributed by atoms with E-state index < -0.39 is 46.1 Å². The molecule has 0 radical (unpaired) electrons. The number of anilines is 1. The molecular formula is C20H23F2N3O4S. The van der Waals surface area contributed by atoms with E-state index in [1.165, 1.54) is 50.4 Å². The van der Waals surface area contributed by atoms with Gasteiger partial charge in [0.1, 0.15) is 24.2 Å². The van der Waals surface area contributed by atoms with Crippen LogP contribution >= 0.6 is 0 Å². The molecule has 2 aromatic rings. The largest absolute Gasteiger partial charge is 0.357 e. The van der Waals surface area contributed by atoms with Crippen molar-refractivity contribution >= 4 is 27.5 Å². The van der Waals surface area contributed by atoms with Gasteiger partial charge in [-0.1, -0.05) is 30.3 Å². The normalized spacial score (nSPS) is 12.2. The molecule has 0 aliphatic rings. The molecule has 0 saturated carbocycles. The summed E-state index contributed by atoms with van der Waals surface area (Å²) in [6, 6.07) is 9.83. The summed E-state index contributed by atoms with van der Waals surface area (Å²) in [4.78, 5) is 26.3. The van der Waals surface area contributed by atoms with Gasteiger partial charge in [0.2, 0.25) is 21.8 Å². The molecule has 10 heteroatoms. The molecule has 7 nitrogen and oxygen atoms in total. The van der Waals surface area contributed by atoms with Crippen LogP contribution < -0.4 is 9.62 Å². The van der Waals surface area contributed by atoms with E-state index in [1.807, 2.05) is 0 Å². The Morgan fingerprint density at radius 3 is 2.13 bits per heavy atom. The van der Waals surface area contributed by atoms with Crippen LogP contribution in [0.2, 0.25) is 0 Å². The molecule has 0 spiro atoms. The molecule has 162 valence electrons. The fourth-order valence-corrected chi connectivity index (χ4v) is 3.70. The first kappa shape index (κ1) is 23.3. The number of sulfonamides is 1. The van der Waals surface area contributed by atoms with Crippen molar-refractivity contribution in [3.8, 4) is 0 Å². The van der Waals surface area contributed by atoms with Crippen LogP contribution in [0.4, 0.5) is 14.5 Å². The molecule has 0 aromatic heterocycles. The van der Waals surface area contributed by atoms with Crippen molar-refractivity contribution in [3.05, 3.63) is 65.7 Å². The predicted molar refractivity (Wildman–Crippen MR) is 109 cm³/mol. The van der Waals surface area contributed by atoms with Gasteiger partial charge in [0, 0.05) is 19.2 Å². The van der Waals surface area contributed by atoms with Crippen molar-refractivity contribution in [1.29, 1.82) is 0 Å². The van der Waals surface area contributed by atoms with Crippen molar-refractivity contribution < 1.29 is 26.8 Å². The van der Waals surface area contributed by atoms with E-state index in [4.69, 9.17) is 0 Å². The highest BCUT2D eigenvalue weighted by Gasteiger charge is 2.31. The average molecular weight is 439 g/mol. The van der Waals surface area contributed by atoms with Crippen LogP contribution in [0, 0.1) is 11.6 Å². The molecule has 0 aliphatic carbocycles. The van der Waals surface area contributed by atoms with Gasteiger partial charge in [0.25, 0.3) is 0 Å². The smallest absolute Gasteiger partial charge is 0.244 e. The van der Waals surface area contributed by atoms with Crippen molar-refractivity contribution in [2.24, 2.45) is 0 Å². The second-order valence-electron chi connectivity index (χ2n) is 6.62. The summed E-state index contributed by atoms with van der Waals surface area (Å²) >= 11 is 0. The number of hydrogen-bond acceptors (Lipinski definition) is 4.